The third-order valence-corrected chi connectivity index (χ3v) is 3.10. The number of rotatable bonds is 5. The van der Waals surface area contributed by atoms with Crippen LogP contribution in [0, 0.1) is 5.92 Å². The molecule has 3 nitrogen and oxygen atoms in total. The number of carboxylic acids is 1. The van der Waals surface area contributed by atoms with Gasteiger partial charge in [0.2, 0.25) is 0 Å². The Morgan fingerprint density at radius 2 is 1.93 bits per heavy atom. The van der Waals surface area contributed by atoms with E-state index >= 15 is 0 Å². The highest BCUT2D eigenvalue weighted by Gasteiger charge is 2.16. The Morgan fingerprint density at radius 1 is 1.29 bits per heavy atom. The summed E-state index contributed by atoms with van der Waals surface area (Å²) in [6.45, 7) is 0. The maximum absolute atomic E-state index is 10.3. The van der Waals surface area contributed by atoms with Crippen LogP contribution in [0.5, 0.6) is 0 Å². The van der Waals surface area contributed by atoms with Crippen molar-refractivity contribution in [3.63, 3.8) is 0 Å². The lowest BCUT2D eigenvalue weighted by atomic mass is 9.85. The average Bonchev–Trinajstić information content (AvgIpc) is 2.19. The summed E-state index contributed by atoms with van der Waals surface area (Å²) in [7, 11) is 0. The zero-order chi connectivity index (χ0) is 10.4. The molecule has 1 saturated carbocycles. The smallest absolute Gasteiger partial charge is 0.332 e. The first-order valence-corrected chi connectivity index (χ1v) is 5.61. The van der Waals surface area contributed by atoms with Crippen molar-refractivity contribution in [3.05, 3.63) is 0 Å². The average molecular weight is 200 g/mol. The second-order valence-electron chi connectivity index (χ2n) is 4.29. The lowest BCUT2D eigenvalue weighted by Gasteiger charge is -2.21. The lowest BCUT2D eigenvalue weighted by Crippen LogP contribution is -2.19. The topological polar surface area (TPSA) is 57.5 Å². The van der Waals surface area contributed by atoms with Gasteiger partial charge in [-0.3, -0.25) is 0 Å². The predicted octanol–water partition coefficient (Wildman–Crippen LogP) is 2.18. The molecule has 0 heterocycles. The van der Waals surface area contributed by atoms with Gasteiger partial charge in [-0.05, 0) is 18.8 Å². The molecule has 1 fully saturated rings. The van der Waals surface area contributed by atoms with Gasteiger partial charge in [0.15, 0.2) is 6.10 Å². The van der Waals surface area contributed by atoms with Gasteiger partial charge in [0, 0.05) is 0 Å². The summed E-state index contributed by atoms with van der Waals surface area (Å²) in [6, 6.07) is 0. The zero-order valence-corrected chi connectivity index (χ0v) is 8.61. The minimum atomic E-state index is -1.15. The van der Waals surface area contributed by atoms with Gasteiger partial charge in [-0.25, -0.2) is 4.79 Å². The summed E-state index contributed by atoms with van der Waals surface area (Å²) in [5.41, 5.74) is 0. The number of carbonyl (C=O) groups is 1. The molecule has 0 aromatic heterocycles. The van der Waals surface area contributed by atoms with E-state index in [1.807, 2.05) is 0 Å². The molecule has 0 bridgehead atoms. The van der Waals surface area contributed by atoms with Crippen LogP contribution in [0.15, 0.2) is 0 Å². The third kappa shape index (κ3) is 4.09. The van der Waals surface area contributed by atoms with Gasteiger partial charge < -0.3 is 10.2 Å². The monoisotopic (exact) mass is 200 g/mol. The van der Waals surface area contributed by atoms with Gasteiger partial charge in [0.1, 0.15) is 0 Å². The summed E-state index contributed by atoms with van der Waals surface area (Å²) in [5.74, 6) is -0.307. The third-order valence-electron chi connectivity index (χ3n) is 3.10. The second kappa shape index (κ2) is 6.02. The molecule has 1 unspecified atom stereocenters. The zero-order valence-electron chi connectivity index (χ0n) is 8.61. The van der Waals surface area contributed by atoms with Crippen LogP contribution in [0.25, 0.3) is 0 Å². The Labute approximate surface area is 85.1 Å². The fourth-order valence-electron chi connectivity index (χ4n) is 2.20. The maximum Gasteiger partial charge on any atom is 0.332 e. The van der Waals surface area contributed by atoms with Gasteiger partial charge in [-0.1, -0.05) is 38.5 Å². The lowest BCUT2D eigenvalue weighted by molar-refractivity contribution is -0.147. The molecule has 1 aliphatic carbocycles. The normalized spacial score (nSPS) is 20.6. The molecule has 0 aliphatic heterocycles. The summed E-state index contributed by atoms with van der Waals surface area (Å²) in [4.78, 5) is 10.3. The number of hydrogen-bond donors (Lipinski definition) is 2. The molecule has 0 spiro atoms. The largest absolute Gasteiger partial charge is 0.479 e. The Kier molecular flexibility index (Phi) is 4.94. The van der Waals surface area contributed by atoms with E-state index in [1.54, 1.807) is 0 Å². The van der Waals surface area contributed by atoms with Gasteiger partial charge in [0.25, 0.3) is 0 Å². The molecule has 2 N–H and O–H groups in total. The van der Waals surface area contributed by atoms with E-state index in [0.717, 1.165) is 18.8 Å². The highest BCUT2D eigenvalue weighted by Crippen LogP contribution is 2.27. The van der Waals surface area contributed by atoms with Gasteiger partial charge in [-0.15, -0.1) is 0 Å². The predicted molar refractivity (Wildman–Crippen MR) is 54.1 cm³/mol. The van der Waals surface area contributed by atoms with E-state index in [-0.39, 0.29) is 0 Å². The van der Waals surface area contributed by atoms with Crippen molar-refractivity contribution in [2.75, 3.05) is 0 Å². The fourth-order valence-corrected chi connectivity index (χ4v) is 2.20. The summed E-state index contributed by atoms with van der Waals surface area (Å²) in [5, 5.41) is 17.5. The highest BCUT2D eigenvalue weighted by atomic mass is 16.4. The van der Waals surface area contributed by atoms with Crippen LogP contribution in [0.2, 0.25) is 0 Å². The first-order valence-electron chi connectivity index (χ1n) is 5.61. The van der Waals surface area contributed by atoms with Gasteiger partial charge in [-0.2, -0.15) is 0 Å². The van der Waals surface area contributed by atoms with Gasteiger partial charge in [0.05, 0.1) is 0 Å². The van der Waals surface area contributed by atoms with E-state index in [0.29, 0.717) is 6.42 Å². The van der Waals surface area contributed by atoms with Crippen molar-refractivity contribution in [2.24, 2.45) is 5.92 Å². The Balaban J connectivity index is 2.05. The van der Waals surface area contributed by atoms with Crippen LogP contribution in [0.1, 0.15) is 51.4 Å². The number of aliphatic hydroxyl groups is 1. The van der Waals surface area contributed by atoms with E-state index < -0.39 is 12.1 Å². The molecule has 3 heteroatoms. The Morgan fingerprint density at radius 3 is 2.50 bits per heavy atom. The maximum atomic E-state index is 10.3. The van der Waals surface area contributed by atoms with Crippen LogP contribution in [-0.2, 0) is 4.79 Å². The quantitative estimate of drug-likeness (QED) is 0.715. The van der Waals surface area contributed by atoms with Crippen LogP contribution in [0.4, 0.5) is 0 Å². The van der Waals surface area contributed by atoms with Crippen molar-refractivity contribution in [2.45, 2.75) is 57.5 Å². The van der Waals surface area contributed by atoms with E-state index in [4.69, 9.17) is 10.2 Å². The van der Waals surface area contributed by atoms with Gasteiger partial charge >= 0.3 is 5.97 Å². The summed E-state index contributed by atoms with van der Waals surface area (Å²) >= 11 is 0. The number of hydrogen-bond acceptors (Lipinski definition) is 2. The molecule has 0 aromatic carbocycles. The molecule has 0 amide bonds. The van der Waals surface area contributed by atoms with Crippen LogP contribution < -0.4 is 0 Å². The van der Waals surface area contributed by atoms with Crippen LogP contribution in [-0.4, -0.2) is 22.3 Å². The first-order chi connectivity index (χ1) is 6.70. The molecule has 1 aliphatic rings. The molecule has 0 aromatic rings. The Hall–Kier alpha value is -0.570. The second-order valence-corrected chi connectivity index (χ2v) is 4.29. The van der Waals surface area contributed by atoms with Crippen molar-refractivity contribution >= 4 is 5.97 Å². The standard InChI is InChI=1S/C11H20O3/c12-10(11(13)14)8-4-7-9-5-2-1-3-6-9/h9-10,12H,1-8H2,(H,13,14). The molecule has 14 heavy (non-hydrogen) atoms. The summed E-state index contributed by atoms with van der Waals surface area (Å²) < 4.78 is 0. The molecular weight excluding hydrogens is 180 g/mol. The highest BCUT2D eigenvalue weighted by molar-refractivity contribution is 5.71. The van der Waals surface area contributed by atoms with Crippen LogP contribution in [0.3, 0.4) is 0 Å². The molecule has 1 atom stereocenters. The van der Waals surface area contributed by atoms with Crippen molar-refractivity contribution in [3.8, 4) is 0 Å². The summed E-state index contributed by atoms with van der Waals surface area (Å²) in [6.07, 6.45) is 7.78. The number of carboxylic acid groups (broad SMARTS) is 1. The first kappa shape index (κ1) is 11.5. The number of aliphatic carboxylic acids is 1. The molecule has 0 radical (unpaired) electrons. The van der Waals surface area contributed by atoms with Crippen molar-refractivity contribution in [1.82, 2.24) is 0 Å². The van der Waals surface area contributed by atoms with Crippen molar-refractivity contribution < 1.29 is 15.0 Å². The number of aliphatic hydroxyl groups excluding tert-OH is 1. The SMILES string of the molecule is O=C(O)C(O)CCCC1CCCCC1. The van der Waals surface area contributed by atoms with Crippen molar-refractivity contribution in [1.29, 1.82) is 0 Å². The Bertz CT molecular complexity index is 173. The molecule has 82 valence electrons. The van der Waals surface area contributed by atoms with E-state index in [1.165, 1.54) is 32.1 Å². The minimum absolute atomic E-state index is 0.409. The fraction of sp³-hybridized carbons (Fsp3) is 0.909. The van der Waals surface area contributed by atoms with Crippen LogP contribution >= 0.6 is 0 Å². The molecule has 0 saturated heterocycles. The van der Waals surface area contributed by atoms with E-state index in [2.05, 4.69) is 0 Å². The minimum Gasteiger partial charge on any atom is -0.479 e. The van der Waals surface area contributed by atoms with E-state index in [9.17, 15) is 4.79 Å². The molecule has 1 rings (SSSR count). The molecular formula is C11H20O3.